The van der Waals surface area contributed by atoms with Gasteiger partial charge in [0, 0.05) is 22.9 Å². The third kappa shape index (κ3) is 5.15. The van der Waals surface area contributed by atoms with Crippen molar-refractivity contribution in [2.45, 2.75) is 12.6 Å². The minimum absolute atomic E-state index is 0.169. The normalized spacial score (nSPS) is 12.7. The van der Waals surface area contributed by atoms with Crippen LogP contribution in [0.3, 0.4) is 0 Å². The molecule has 0 saturated heterocycles. The van der Waals surface area contributed by atoms with Crippen LogP contribution in [0.2, 0.25) is 0 Å². The van der Waals surface area contributed by atoms with Gasteiger partial charge < -0.3 is 19.7 Å². The summed E-state index contributed by atoms with van der Waals surface area (Å²) >= 11 is 0. The van der Waals surface area contributed by atoms with Gasteiger partial charge in [-0.15, -0.1) is 0 Å². The van der Waals surface area contributed by atoms with Crippen molar-refractivity contribution >= 4 is 11.6 Å². The minimum Gasteiger partial charge on any atom is -0.497 e. The first-order valence-corrected chi connectivity index (χ1v) is 9.66. The second kappa shape index (κ2) is 9.89. The van der Waals surface area contributed by atoms with E-state index in [1.54, 1.807) is 26.4 Å². The Hall–Kier alpha value is -3.38. The Morgan fingerprint density at radius 3 is 2.33 bits per heavy atom. The molecule has 1 amide bonds. The predicted molar refractivity (Wildman–Crippen MR) is 114 cm³/mol. The number of carbonyl (C=O) groups is 1. The largest absolute Gasteiger partial charge is 0.497 e. The fourth-order valence-corrected chi connectivity index (χ4v) is 3.45. The van der Waals surface area contributed by atoms with Crippen molar-refractivity contribution in [2.24, 2.45) is 0 Å². The van der Waals surface area contributed by atoms with Gasteiger partial charge in [-0.2, -0.15) is 0 Å². The summed E-state index contributed by atoms with van der Waals surface area (Å²) in [4.78, 5) is 14.2. The van der Waals surface area contributed by atoms with Crippen LogP contribution in [0.5, 0.6) is 11.5 Å². The zero-order chi connectivity index (χ0) is 21.5. The molecule has 156 valence electrons. The Kier molecular flexibility index (Phi) is 7.03. The van der Waals surface area contributed by atoms with Crippen molar-refractivity contribution in [1.82, 2.24) is 0 Å². The number of methoxy groups -OCH3 is 2. The molecule has 0 saturated carbocycles. The van der Waals surface area contributed by atoms with Crippen LogP contribution in [0.4, 0.5) is 10.1 Å². The molecule has 3 aromatic carbocycles. The second-order valence-corrected chi connectivity index (χ2v) is 7.04. The zero-order valence-corrected chi connectivity index (χ0v) is 17.3. The molecule has 0 aliphatic heterocycles. The third-order valence-corrected chi connectivity index (χ3v) is 4.96. The lowest BCUT2D eigenvalue weighted by Gasteiger charge is -2.25. The summed E-state index contributed by atoms with van der Waals surface area (Å²) in [5.74, 6) is 0.904. The Morgan fingerprint density at radius 1 is 1.00 bits per heavy atom. The summed E-state index contributed by atoms with van der Waals surface area (Å²) in [5.41, 5.74) is 2.41. The number of carbonyl (C=O) groups excluding carboxylic acids is 1. The number of likely N-dealkylation sites (N-methyl/N-ethyl adjacent to an activating group) is 1. The van der Waals surface area contributed by atoms with E-state index in [2.05, 4.69) is 5.32 Å². The van der Waals surface area contributed by atoms with Crippen LogP contribution < -0.4 is 19.7 Å². The van der Waals surface area contributed by atoms with Crippen molar-refractivity contribution in [3.8, 4) is 11.5 Å². The van der Waals surface area contributed by atoms with Gasteiger partial charge in [-0.05, 0) is 36.4 Å². The first-order chi connectivity index (χ1) is 14.5. The third-order valence-electron chi connectivity index (χ3n) is 4.96. The lowest BCUT2D eigenvalue weighted by molar-refractivity contribution is -0.915. The zero-order valence-electron chi connectivity index (χ0n) is 17.3. The molecule has 6 heteroatoms. The first-order valence-electron chi connectivity index (χ1n) is 9.66. The van der Waals surface area contributed by atoms with Crippen LogP contribution in [0.15, 0.2) is 72.8 Å². The number of quaternary nitrogens is 1. The molecular weight excluding hydrogens is 383 g/mol. The number of halogens is 1. The number of hydrogen-bond acceptors (Lipinski definition) is 3. The number of benzene rings is 3. The Balaban J connectivity index is 1.87. The Morgan fingerprint density at radius 2 is 1.70 bits per heavy atom. The fourth-order valence-electron chi connectivity index (χ4n) is 3.45. The molecule has 1 unspecified atom stereocenters. The molecule has 0 aliphatic rings. The number of ether oxygens (including phenoxy) is 2. The number of hydrogen-bond donors (Lipinski definition) is 2. The molecule has 2 N–H and O–H groups in total. The average Bonchev–Trinajstić information content (AvgIpc) is 2.76. The van der Waals surface area contributed by atoms with Crippen LogP contribution in [-0.4, -0.2) is 27.2 Å². The van der Waals surface area contributed by atoms with Gasteiger partial charge in [0.2, 0.25) is 0 Å². The highest BCUT2D eigenvalue weighted by Crippen LogP contribution is 2.24. The Labute approximate surface area is 176 Å². The maximum Gasteiger partial charge on any atom is 0.287 e. The van der Waals surface area contributed by atoms with Crippen LogP contribution in [0.25, 0.3) is 0 Å². The van der Waals surface area contributed by atoms with E-state index in [1.165, 1.54) is 12.1 Å². The summed E-state index contributed by atoms with van der Waals surface area (Å²) in [6.07, 6.45) is 0. The lowest BCUT2D eigenvalue weighted by Crippen LogP contribution is -3.09. The van der Waals surface area contributed by atoms with Crippen molar-refractivity contribution in [3.63, 3.8) is 0 Å². The van der Waals surface area contributed by atoms with Gasteiger partial charge in [0.1, 0.15) is 23.9 Å². The van der Waals surface area contributed by atoms with Crippen molar-refractivity contribution in [2.75, 3.05) is 26.6 Å². The summed E-state index contributed by atoms with van der Waals surface area (Å²) in [6.45, 7) is 0.559. The van der Waals surface area contributed by atoms with Gasteiger partial charge in [-0.25, -0.2) is 4.39 Å². The van der Waals surface area contributed by atoms with Gasteiger partial charge in [0.15, 0.2) is 6.04 Å². The van der Waals surface area contributed by atoms with E-state index in [0.717, 1.165) is 16.0 Å². The maximum atomic E-state index is 13.2. The SMILES string of the molecule is COc1ccc(C[NH+](C)[C@@H](C(=O)Nc2ccc(F)cc2)c2ccccc2)c(OC)c1. The van der Waals surface area contributed by atoms with Crippen molar-refractivity contribution in [3.05, 3.63) is 89.7 Å². The fraction of sp³-hybridized carbons (Fsp3) is 0.208. The van der Waals surface area contributed by atoms with Crippen molar-refractivity contribution in [1.29, 1.82) is 0 Å². The van der Waals surface area contributed by atoms with Crippen LogP contribution in [0.1, 0.15) is 17.2 Å². The van der Waals surface area contributed by atoms with Crippen molar-refractivity contribution < 1.29 is 23.6 Å². The molecule has 3 aromatic rings. The van der Waals surface area contributed by atoms with Crippen LogP contribution in [0, 0.1) is 5.82 Å². The van der Waals surface area contributed by atoms with Crippen LogP contribution >= 0.6 is 0 Å². The summed E-state index contributed by atoms with van der Waals surface area (Å²) in [5, 5.41) is 2.90. The predicted octanol–water partition coefficient (Wildman–Crippen LogP) is 3.24. The topological polar surface area (TPSA) is 52.0 Å². The molecule has 5 nitrogen and oxygen atoms in total. The smallest absolute Gasteiger partial charge is 0.287 e. The van der Waals surface area contributed by atoms with E-state index in [1.807, 2.05) is 55.6 Å². The maximum absolute atomic E-state index is 13.2. The molecular formula is C24H26FN2O3+. The molecule has 2 atom stereocenters. The number of amides is 1. The van der Waals surface area contributed by atoms with Gasteiger partial charge in [0.25, 0.3) is 5.91 Å². The van der Waals surface area contributed by atoms with E-state index < -0.39 is 6.04 Å². The molecule has 0 fully saturated rings. The van der Waals surface area contributed by atoms with E-state index >= 15 is 0 Å². The number of anilines is 1. The molecule has 0 aromatic heterocycles. The molecule has 0 heterocycles. The van der Waals surface area contributed by atoms with Gasteiger partial charge in [-0.1, -0.05) is 30.3 Å². The molecule has 0 spiro atoms. The molecule has 0 aliphatic carbocycles. The molecule has 30 heavy (non-hydrogen) atoms. The number of nitrogens with one attached hydrogen (secondary N) is 2. The Bertz CT molecular complexity index is 978. The van der Waals surface area contributed by atoms with Crippen LogP contribution in [-0.2, 0) is 11.3 Å². The highest BCUT2D eigenvalue weighted by atomic mass is 19.1. The second-order valence-electron chi connectivity index (χ2n) is 7.04. The quantitative estimate of drug-likeness (QED) is 0.601. The summed E-state index contributed by atoms with van der Waals surface area (Å²) < 4.78 is 24.0. The molecule has 0 radical (unpaired) electrons. The summed E-state index contributed by atoms with van der Waals surface area (Å²) in [7, 11) is 5.19. The minimum atomic E-state index is -0.469. The van der Waals surface area contributed by atoms with E-state index in [4.69, 9.17) is 9.47 Å². The van der Waals surface area contributed by atoms with Gasteiger partial charge in [-0.3, -0.25) is 4.79 Å². The standard InChI is InChI=1S/C24H25FN2O3/c1-27(16-18-9-14-21(29-2)15-22(18)30-3)23(17-7-5-4-6-8-17)24(28)26-20-12-10-19(25)11-13-20/h4-15,23H,16H2,1-3H3,(H,26,28)/p+1/t23-/m1/s1. The summed E-state index contributed by atoms with van der Waals surface area (Å²) in [6, 6.07) is 20.5. The monoisotopic (exact) mass is 409 g/mol. The van der Waals surface area contributed by atoms with E-state index in [-0.39, 0.29) is 11.7 Å². The average molecular weight is 409 g/mol. The first kappa shape index (κ1) is 21.3. The highest BCUT2D eigenvalue weighted by Gasteiger charge is 2.30. The van der Waals surface area contributed by atoms with E-state index in [0.29, 0.717) is 23.7 Å². The molecule has 3 rings (SSSR count). The highest BCUT2D eigenvalue weighted by molar-refractivity contribution is 5.94. The van der Waals surface area contributed by atoms with E-state index in [9.17, 15) is 9.18 Å². The lowest BCUT2D eigenvalue weighted by atomic mass is 10.0. The number of rotatable bonds is 8. The van der Waals surface area contributed by atoms with Gasteiger partial charge >= 0.3 is 0 Å². The van der Waals surface area contributed by atoms with Gasteiger partial charge in [0.05, 0.1) is 21.3 Å². The molecule has 0 bridgehead atoms.